The van der Waals surface area contributed by atoms with Crippen molar-refractivity contribution in [3.63, 3.8) is 0 Å². The zero-order chi connectivity index (χ0) is 37.1. The molecule has 0 saturated heterocycles. The van der Waals surface area contributed by atoms with E-state index in [9.17, 15) is 0 Å². The molecule has 0 saturated carbocycles. The molecule has 0 bridgehead atoms. The van der Waals surface area contributed by atoms with Gasteiger partial charge in [0.05, 0.1) is 0 Å². The van der Waals surface area contributed by atoms with Crippen LogP contribution in [0.4, 0.5) is 0 Å². The van der Waals surface area contributed by atoms with Crippen molar-refractivity contribution < 1.29 is 4.42 Å². The Morgan fingerprint density at radius 3 is 1.59 bits per heavy atom. The molecular formula is C55H36O. The van der Waals surface area contributed by atoms with Crippen LogP contribution in [-0.2, 0) is 5.41 Å². The molecule has 0 fully saturated rings. The minimum absolute atomic E-state index is 0.221. The van der Waals surface area contributed by atoms with Crippen LogP contribution in [-0.4, -0.2) is 0 Å². The van der Waals surface area contributed by atoms with Gasteiger partial charge in [-0.25, -0.2) is 0 Å². The second-order valence-electron chi connectivity index (χ2n) is 16.0. The number of hydrogen-bond acceptors (Lipinski definition) is 1. The molecule has 1 heterocycles. The largest absolute Gasteiger partial charge is 0.456 e. The molecule has 0 atom stereocenters. The van der Waals surface area contributed by atoms with Crippen molar-refractivity contribution in [1.29, 1.82) is 0 Å². The lowest BCUT2D eigenvalue weighted by Gasteiger charge is -2.22. The molecule has 1 heteroatoms. The summed E-state index contributed by atoms with van der Waals surface area (Å²) in [5.74, 6) is 0. The molecule has 1 nitrogen and oxygen atoms in total. The van der Waals surface area contributed by atoms with Gasteiger partial charge in [-0.05, 0) is 123 Å². The van der Waals surface area contributed by atoms with Crippen molar-refractivity contribution in [2.45, 2.75) is 19.3 Å². The molecule has 0 N–H and O–H groups in total. The van der Waals surface area contributed by atoms with Crippen LogP contribution in [0.3, 0.4) is 0 Å². The zero-order valence-electron chi connectivity index (χ0n) is 31.2. The van der Waals surface area contributed by atoms with Crippen LogP contribution in [0.25, 0.3) is 110 Å². The van der Waals surface area contributed by atoms with E-state index >= 15 is 0 Å². The maximum absolute atomic E-state index is 6.88. The molecule has 11 aromatic rings. The van der Waals surface area contributed by atoms with Crippen LogP contribution in [0.15, 0.2) is 186 Å². The molecule has 12 rings (SSSR count). The second kappa shape index (κ2) is 11.5. The summed E-state index contributed by atoms with van der Waals surface area (Å²) in [4.78, 5) is 0. The summed E-state index contributed by atoms with van der Waals surface area (Å²) in [6.07, 6.45) is 0. The van der Waals surface area contributed by atoms with E-state index in [1.807, 2.05) is 0 Å². The smallest absolute Gasteiger partial charge is 0.140 e. The quantitative estimate of drug-likeness (QED) is 0.166. The summed E-state index contributed by atoms with van der Waals surface area (Å²) in [5.41, 5.74) is 14.4. The van der Waals surface area contributed by atoms with Gasteiger partial charge in [0.15, 0.2) is 0 Å². The summed E-state index contributed by atoms with van der Waals surface area (Å²) in [7, 11) is 0. The number of furan rings is 1. The highest BCUT2D eigenvalue weighted by Gasteiger charge is 2.40. The molecular weight excluding hydrogens is 677 g/mol. The molecule has 0 aliphatic heterocycles. The Labute approximate surface area is 325 Å². The third kappa shape index (κ3) is 4.37. The molecule has 1 aliphatic rings. The Hall–Kier alpha value is -6.96. The Balaban J connectivity index is 1.08. The van der Waals surface area contributed by atoms with Gasteiger partial charge in [-0.3, -0.25) is 0 Å². The third-order valence-corrected chi connectivity index (χ3v) is 12.6. The predicted octanol–water partition coefficient (Wildman–Crippen LogP) is 15.5. The minimum Gasteiger partial charge on any atom is -0.456 e. The van der Waals surface area contributed by atoms with Gasteiger partial charge >= 0.3 is 0 Å². The van der Waals surface area contributed by atoms with E-state index in [1.165, 1.54) is 104 Å². The average Bonchev–Trinajstić information content (AvgIpc) is 3.72. The highest BCUT2D eigenvalue weighted by atomic mass is 16.3. The fraction of sp³-hybridized carbons (Fsp3) is 0.0545. The molecule has 262 valence electrons. The highest BCUT2D eigenvalue weighted by molar-refractivity contribution is 6.22. The Bertz CT molecular complexity index is 3380. The van der Waals surface area contributed by atoms with Crippen LogP contribution in [0.1, 0.15) is 25.0 Å². The van der Waals surface area contributed by atoms with Crippen molar-refractivity contribution in [1.82, 2.24) is 0 Å². The van der Waals surface area contributed by atoms with Gasteiger partial charge in [0, 0.05) is 21.8 Å². The van der Waals surface area contributed by atoms with Gasteiger partial charge in [-0.1, -0.05) is 166 Å². The first-order valence-electron chi connectivity index (χ1n) is 19.6. The van der Waals surface area contributed by atoms with Crippen molar-refractivity contribution in [2.75, 3.05) is 0 Å². The standard InChI is InChI=1S/C55H36O/c1-55(2)48-23-13-12-22-44(48)52-45(32-47-46-30-34-16-6-7-17-35(34)31-49(46)56-54(47)53(52)55)38-26-24-37-29-39(27-25-36(37)28-38)51-42-20-10-8-18-40(42)50(33-14-4-3-5-15-33)41-19-9-11-21-43(41)51/h3-32H,1-2H3. The van der Waals surface area contributed by atoms with Crippen LogP contribution >= 0.6 is 0 Å². The van der Waals surface area contributed by atoms with E-state index in [0.717, 1.165) is 16.6 Å². The summed E-state index contributed by atoms with van der Waals surface area (Å²) in [6.45, 7) is 4.71. The SMILES string of the molecule is CC1(C)c2ccccc2-c2c(-c3ccc4cc(-c5c6ccccc6c(-c6ccccc6)c6ccccc56)ccc4c3)cc3c(oc4cc5ccccc5cc43)c21. The maximum atomic E-state index is 6.88. The van der Waals surface area contributed by atoms with E-state index in [1.54, 1.807) is 0 Å². The summed E-state index contributed by atoms with van der Waals surface area (Å²) in [6, 6.07) is 67.1. The summed E-state index contributed by atoms with van der Waals surface area (Å²) < 4.78 is 6.88. The second-order valence-corrected chi connectivity index (χ2v) is 16.0. The van der Waals surface area contributed by atoms with Crippen LogP contribution < -0.4 is 0 Å². The van der Waals surface area contributed by atoms with E-state index in [2.05, 4.69) is 196 Å². The van der Waals surface area contributed by atoms with Crippen LogP contribution in [0, 0.1) is 0 Å². The topological polar surface area (TPSA) is 13.1 Å². The average molecular weight is 713 g/mol. The third-order valence-electron chi connectivity index (χ3n) is 12.6. The molecule has 1 aromatic heterocycles. The van der Waals surface area contributed by atoms with Crippen LogP contribution in [0.5, 0.6) is 0 Å². The number of fused-ring (bicyclic) bond motifs is 11. The number of hydrogen-bond donors (Lipinski definition) is 0. The zero-order valence-corrected chi connectivity index (χ0v) is 31.2. The minimum atomic E-state index is -0.221. The number of benzene rings is 10. The summed E-state index contributed by atoms with van der Waals surface area (Å²) >= 11 is 0. The first kappa shape index (κ1) is 31.4. The molecule has 0 spiro atoms. The molecule has 0 radical (unpaired) electrons. The van der Waals surface area contributed by atoms with Gasteiger partial charge in [0.25, 0.3) is 0 Å². The van der Waals surface area contributed by atoms with Gasteiger partial charge in [0.2, 0.25) is 0 Å². The molecule has 10 aromatic carbocycles. The maximum Gasteiger partial charge on any atom is 0.140 e. The lowest BCUT2D eigenvalue weighted by Crippen LogP contribution is -2.15. The van der Waals surface area contributed by atoms with Gasteiger partial charge in [-0.2, -0.15) is 0 Å². The Morgan fingerprint density at radius 2 is 0.893 bits per heavy atom. The molecule has 56 heavy (non-hydrogen) atoms. The van der Waals surface area contributed by atoms with E-state index < -0.39 is 0 Å². The predicted molar refractivity (Wildman–Crippen MR) is 238 cm³/mol. The van der Waals surface area contributed by atoms with Gasteiger partial charge < -0.3 is 4.42 Å². The first-order chi connectivity index (χ1) is 27.5. The highest BCUT2D eigenvalue weighted by Crippen LogP contribution is 2.56. The van der Waals surface area contributed by atoms with Crippen LogP contribution in [0.2, 0.25) is 0 Å². The fourth-order valence-corrected chi connectivity index (χ4v) is 10.0. The van der Waals surface area contributed by atoms with Crippen molar-refractivity contribution >= 4 is 65.0 Å². The Morgan fingerprint density at radius 1 is 0.357 bits per heavy atom. The lowest BCUT2D eigenvalue weighted by atomic mass is 9.80. The van der Waals surface area contributed by atoms with Gasteiger partial charge in [0.1, 0.15) is 11.2 Å². The van der Waals surface area contributed by atoms with E-state index in [-0.39, 0.29) is 5.41 Å². The van der Waals surface area contributed by atoms with Crippen molar-refractivity contribution in [2.24, 2.45) is 0 Å². The monoisotopic (exact) mass is 712 g/mol. The molecule has 0 unspecified atom stereocenters. The lowest BCUT2D eigenvalue weighted by molar-refractivity contribution is 0.620. The fourth-order valence-electron chi connectivity index (χ4n) is 10.0. The first-order valence-corrected chi connectivity index (χ1v) is 19.6. The number of rotatable bonds is 3. The molecule has 1 aliphatic carbocycles. The normalized spacial score (nSPS) is 13.3. The van der Waals surface area contributed by atoms with E-state index in [0.29, 0.717) is 0 Å². The van der Waals surface area contributed by atoms with E-state index in [4.69, 9.17) is 4.42 Å². The van der Waals surface area contributed by atoms with Crippen molar-refractivity contribution in [3.05, 3.63) is 193 Å². The van der Waals surface area contributed by atoms with Gasteiger partial charge in [-0.15, -0.1) is 0 Å². The molecule has 0 amide bonds. The Kier molecular flexibility index (Phi) is 6.46. The summed E-state index contributed by atoms with van der Waals surface area (Å²) in [5, 5.41) is 12.3. The van der Waals surface area contributed by atoms with Crippen molar-refractivity contribution in [3.8, 4) is 44.5 Å².